The standard InChI is InChI=1S/C18H23N3O2/c1-19-10-4-5-16(19)18(22)21-12-11-20(2)17(13-21)14-6-8-15(23-3)9-7-14/h4-10,17H,11-13H2,1-3H3. The molecule has 0 bridgehead atoms. The van der Waals surface area contributed by atoms with Crippen LogP contribution in [0, 0.1) is 0 Å². The van der Waals surface area contributed by atoms with E-state index in [1.165, 1.54) is 5.56 Å². The molecule has 3 rings (SSSR count). The van der Waals surface area contributed by atoms with Gasteiger partial charge in [0.05, 0.1) is 13.2 Å². The average molecular weight is 313 g/mol. The second-order valence-electron chi connectivity index (χ2n) is 6.03. The average Bonchev–Trinajstić information content (AvgIpc) is 3.01. The molecule has 1 aliphatic rings. The Morgan fingerprint density at radius 3 is 2.48 bits per heavy atom. The first-order valence-electron chi connectivity index (χ1n) is 7.85. The Kier molecular flexibility index (Phi) is 4.39. The summed E-state index contributed by atoms with van der Waals surface area (Å²) in [5.74, 6) is 0.952. The molecule has 0 aliphatic carbocycles. The van der Waals surface area contributed by atoms with Crippen LogP contribution in [0.1, 0.15) is 22.1 Å². The number of aromatic nitrogens is 1. The molecule has 1 fully saturated rings. The molecule has 0 spiro atoms. The van der Waals surface area contributed by atoms with Gasteiger partial charge in [-0.2, -0.15) is 0 Å². The summed E-state index contributed by atoms with van der Waals surface area (Å²) in [6, 6.07) is 12.1. The highest BCUT2D eigenvalue weighted by Gasteiger charge is 2.29. The van der Waals surface area contributed by atoms with Crippen molar-refractivity contribution in [3.8, 4) is 5.75 Å². The second kappa shape index (κ2) is 6.46. The highest BCUT2D eigenvalue weighted by molar-refractivity contribution is 5.92. The Labute approximate surface area is 137 Å². The van der Waals surface area contributed by atoms with Crippen molar-refractivity contribution in [3.63, 3.8) is 0 Å². The van der Waals surface area contributed by atoms with E-state index in [1.54, 1.807) is 7.11 Å². The van der Waals surface area contributed by atoms with Crippen LogP contribution >= 0.6 is 0 Å². The van der Waals surface area contributed by atoms with E-state index < -0.39 is 0 Å². The summed E-state index contributed by atoms with van der Waals surface area (Å²) in [6.07, 6.45) is 1.91. The maximum Gasteiger partial charge on any atom is 0.270 e. The van der Waals surface area contributed by atoms with Crippen LogP contribution in [0.15, 0.2) is 42.6 Å². The number of nitrogens with zero attached hydrogens (tertiary/aromatic N) is 3. The van der Waals surface area contributed by atoms with Crippen molar-refractivity contribution in [3.05, 3.63) is 53.9 Å². The van der Waals surface area contributed by atoms with Crippen molar-refractivity contribution in [2.45, 2.75) is 6.04 Å². The van der Waals surface area contributed by atoms with Crippen LogP contribution in [-0.2, 0) is 7.05 Å². The van der Waals surface area contributed by atoms with Gasteiger partial charge in [0.15, 0.2) is 0 Å². The third-order valence-electron chi connectivity index (χ3n) is 4.60. The van der Waals surface area contributed by atoms with Gasteiger partial charge in [0.25, 0.3) is 5.91 Å². The number of benzene rings is 1. The van der Waals surface area contributed by atoms with E-state index >= 15 is 0 Å². The van der Waals surface area contributed by atoms with Crippen molar-refractivity contribution >= 4 is 5.91 Å². The molecule has 1 unspecified atom stereocenters. The van der Waals surface area contributed by atoms with Crippen molar-refractivity contribution < 1.29 is 9.53 Å². The number of aryl methyl sites for hydroxylation is 1. The quantitative estimate of drug-likeness (QED) is 0.871. The van der Waals surface area contributed by atoms with E-state index in [-0.39, 0.29) is 11.9 Å². The molecule has 2 aromatic rings. The molecular weight excluding hydrogens is 290 g/mol. The number of hydrogen-bond acceptors (Lipinski definition) is 3. The fraction of sp³-hybridized carbons (Fsp3) is 0.389. The van der Waals surface area contributed by atoms with E-state index in [0.717, 1.165) is 24.5 Å². The lowest BCUT2D eigenvalue weighted by Gasteiger charge is -2.39. The molecule has 1 atom stereocenters. The van der Waals surface area contributed by atoms with Crippen LogP contribution in [0.5, 0.6) is 5.75 Å². The van der Waals surface area contributed by atoms with E-state index in [2.05, 4.69) is 24.1 Å². The van der Waals surface area contributed by atoms with E-state index in [4.69, 9.17) is 4.74 Å². The Morgan fingerprint density at radius 2 is 1.87 bits per heavy atom. The van der Waals surface area contributed by atoms with Crippen LogP contribution in [-0.4, -0.2) is 54.1 Å². The van der Waals surface area contributed by atoms with Crippen LogP contribution in [0.25, 0.3) is 0 Å². The molecule has 1 aromatic carbocycles. The molecule has 1 saturated heterocycles. The minimum atomic E-state index is 0.101. The zero-order chi connectivity index (χ0) is 16.4. The Bertz CT molecular complexity index is 678. The molecule has 1 aliphatic heterocycles. The maximum atomic E-state index is 12.7. The summed E-state index contributed by atoms with van der Waals surface area (Å²) in [6.45, 7) is 2.33. The lowest BCUT2D eigenvalue weighted by Crippen LogP contribution is -2.49. The molecule has 23 heavy (non-hydrogen) atoms. The van der Waals surface area contributed by atoms with Gasteiger partial charge in [0.2, 0.25) is 0 Å². The zero-order valence-corrected chi connectivity index (χ0v) is 13.9. The summed E-state index contributed by atoms with van der Waals surface area (Å²) in [7, 11) is 5.69. The van der Waals surface area contributed by atoms with Crippen LogP contribution in [0.4, 0.5) is 0 Å². The van der Waals surface area contributed by atoms with Gasteiger partial charge in [0.1, 0.15) is 11.4 Å². The SMILES string of the molecule is COc1ccc(C2CN(C(=O)c3cccn3C)CCN2C)cc1. The maximum absolute atomic E-state index is 12.7. The minimum Gasteiger partial charge on any atom is -0.497 e. The van der Waals surface area contributed by atoms with Crippen molar-refractivity contribution in [2.24, 2.45) is 7.05 Å². The number of carbonyl (C=O) groups excluding carboxylic acids is 1. The van der Waals surface area contributed by atoms with Gasteiger partial charge in [0, 0.05) is 32.9 Å². The van der Waals surface area contributed by atoms with Gasteiger partial charge in [-0.15, -0.1) is 0 Å². The lowest BCUT2D eigenvalue weighted by molar-refractivity contribution is 0.0537. The number of ether oxygens (including phenoxy) is 1. The summed E-state index contributed by atoms with van der Waals surface area (Å²) < 4.78 is 7.10. The number of likely N-dealkylation sites (N-methyl/N-ethyl adjacent to an activating group) is 1. The Balaban J connectivity index is 1.78. The number of carbonyl (C=O) groups is 1. The molecule has 5 nitrogen and oxygen atoms in total. The fourth-order valence-electron chi connectivity index (χ4n) is 3.09. The Morgan fingerprint density at radius 1 is 1.13 bits per heavy atom. The summed E-state index contributed by atoms with van der Waals surface area (Å²) in [4.78, 5) is 17.0. The molecule has 5 heteroatoms. The number of amides is 1. The molecular formula is C18H23N3O2. The van der Waals surface area contributed by atoms with Crippen molar-refractivity contribution in [1.82, 2.24) is 14.4 Å². The third-order valence-corrected chi connectivity index (χ3v) is 4.60. The molecule has 1 amide bonds. The number of piperazine rings is 1. The van der Waals surface area contributed by atoms with Gasteiger partial charge >= 0.3 is 0 Å². The summed E-state index contributed by atoms with van der Waals surface area (Å²) in [5, 5.41) is 0. The summed E-state index contributed by atoms with van der Waals surface area (Å²) >= 11 is 0. The molecule has 1 aromatic heterocycles. The van der Waals surface area contributed by atoms with E-state index in [0.29, 0.717) is 6.54 Å². The van der Waals surface area contributed by atoms with Crippen LogP contribution in [0.3, 0.4) is 0 Å². The first kappa shape index (κ1) is 15.6. The number of hydrogen-bond donors (Lipinski definition) is 0. The molecule has 122 valence electrons. The zero-order valence-electron chi connectivity index (χ0n) is 13.9. The lowest BCUT2D eigenvalue weighted by atomic mass is 10.0. The normalized spacial score (nSPS) is 18.9. The van der Waals surface area contributed by atoms with E-state index in [1.807, 2.05) is 47.0 Å². The highest BCUT2D eigenvalue weighted by atomic mass is 16.5. The number of rotatable bonds is 3. The molecule has 0 radical (unpaired) electrons. The predicted molar refractivity (Wildman–Crippen MR) is 89.7 cm³/mol. The highest BCUT2D eigenvalue weighted by Crippen LogP contribution is 2.26. The van der Waals surface area contributed by atoms with Crippen LogP contribution in [0.2, 0.25) is 0 Å². The van der Waals surface area contributed by atoms with Gasteiger partial charge in [-0.1, -0.05) is 12.1 Å². The Hall–Kier alpha value is -2.27. The largest absolute Gasteiger partial charge is 0.497 e. The third kappa shape index (κ3) is 3.10. The van der Waals surface area contributed by atoms with Gasteiger partial charge in [-0.05, 0) is 36.9 Å². The van der Waals surface area contributed by atoms with Gasteiger partial charge in [-0.25, -0.2) is 0 Å². The summed E-state index contributed by atoms with van der Waals surface area (Å²) in [5.41, 5.74) is 1.95. The second-order valence-corrected chi connectivity index (χ2v) is 6.03. The van der Waals surface area contributed by atoms with Gasteiger partial charge < -0.3 is 14.2 Å². The van der Waals surface area contributed by atoms with E-state index in [9.17, 15) is 4.79 Å². The smallest absolute Gasteiger partial charge is 0.270 e. The van der Waals surface area contributed by atoms with Gasteiger partial charge in [-0.3, -0.25) is 9.69 Å². The molecule has 2 heterocycles. The molecule has 0 N–H and O–H groups in total. The number of methoxy groups -OCH3 is 1. The monoisotopic (exact) mass is 313 g/mol. The topological polar surface area (TPSA) is 37.7 Å². The first-order chi connectivity index (χ1) is 11.1. The predicted octanol–water partition coefficient (Wildman–Crippen LogP) is 2.16. The molecule has 0 saturated carbocycles. The first-order valence-corrected chi connectivity index (χ1v) is 7.85. The minimum absolute atomic E-state index is 0.101. The van der Waals surface area contributed by atoms with Crippen molar-refractivity contribution in [2.75, 3.05) is 33.8 Å². The van der Waals surface area contributed by atoms with Crippen molar-refractivity contribution in [1.29, 1.82) is 0 Å². The van der Waals surface area contributed by atoms with Crippen LogP contribution < -0.4 is 4.74 Å². The fourth-order valence-corrected chi connectivity index (χ4v) is 3.09.